The van der Waals surface area contributed by atoms with Crippen molar-refractivity contribution in [2.75, 3.05) is 20.3 Å². The van der Waals surface area contributed by atoms with E-state index in [2.05, 4.69) is 25.7 Å². The standard InChI is InChI=1S/C25H32F2N4O6/c1-13(2)9-18(31-24(35)19-11-15-16(29-19)5-4-6-21(15)36-3)23(34)30-17(20(32)12-37-25(26)27)10-14-7-8-28-22(14)33/h4-6,11,13-14,17-18,25,29H,7-10,12H2,1-3H3,(H,28,33)(H,30,34)(H,31,35)/t14-,17?,18?/m0/s1. The second-order valence-electron chi connectivity index (χ2n) is 9.37. The largest absolute Gasteiger partial charge is 0.496 e. The number of Topliss-reactive ketones (excluding diaryl/α,β-unsaturated/α-hetero) is 1. The molecule has 0 aliphatic carbocycles. The van der Waals surface area contributed by atoms with Crippen LogP contribution in [0.25, 0.3) is 10.9 Å². The van der Waals surface area contributed by atoms with Crippen LogP contribution in [0, 0.1) is 11.8 Å². The summed E-state index contributed by atoms with van der Waals surface area (Å²) in [6.07, 6.45) is 0.636. The molecule has 2 unspecified atom stereocenters. The molecule has 1 saturated heterocycles. The molecule has 12 heteroatoms. The number of rotatable bonds is 13. The van der Waals surface area contributed by atoms with Gasteiger partial charge in [-0.05, 0) is 43.4 Å². The number of ether oxygens (including phenoxy) is 2. The molecule has 0 spiro atoms. The van der Waals surface area contributed by atoms with Gasteiger partial charge in [-0.2, -0.15) is 8.78 Å². The molecule has 0 saturated carbocycles. The molecule has 1 aromatic heterocycles. The lowest BCUT2D eigenvalue weighted by Crippen LogP contribution is -2.53. The summed E-state index contributed by atoms with van der Waals surface area (Å²) in [5, 5.41) is 8.59. The van der Waals surface area contributed by atoms with E-state index in [1.807, 2.05) is 13.8 Å². The molecule has 3 amide bonds. The number of benzene rings is 1. The van der Waals surface area contributed by atoms with Crippen LogP contribution in [0.15, 0.2) is 24.3 Å². The highest BCUT2D eigenvalue weighted by Gasteiger charge is 2.33. The number of carbonyl (C=O) groups is 4. The van der Waals surface area contributed by atoms with Gasteiger partial charge in [-0.3, -0.25) is 19.2 Å². The normalized spacial score (nSPS) is 17.1. The van der Waals surface area contributed by atoms with Gasteiger partial charge >= 0.3 is 6.61 Å². The summed E-state index contributed by atoms with van der Waals surface area (Å²) in [4.78, 5) is 53.9. The molecule has 1 aromatic carbocycles. The Morgan fingerprint density at radius 1 is 1.16 bits per heavy atom. The SMILES string of the molecule is COc1cccc2[nH]c(C(=O)NC(CC(C)C)C(=O)NC(C[C@@H]3CCNC3=O)C(=O)COC(F)F)cc12. The number of amides is 3. The van der Waals surface area contributed by atoms with E-state index in [1.54, 1.807) is 24.3 Å². The minimum Gasteiger partial charge on any atom is -0.496 e. The molecule has 1 fully saturated rings. The van der Waals surface area contributed by atoms with Crippen molar-refractivity contribution in [1.82, 2.24) is 20.9 Å². The van der Waals surface area contributed by atoms with Crippen LogP contribution in [0.4, 0.5) is 8.78 Å². The Morgan fingerprint density at radius 3 is 2.54 bits per heavy atom. The van der Waals surface area contributed by atoms with Crippen LogP contribution in [0.2, 0.25) is 0 Å². The van der Waals surface area contributed by atoms with Crippen LogP contribution in [0.3, 0.4) is 0 Å². The molecule has 202 valence electrons. The topological polar surface area (TPSA) is 139 Å². The van der Waals surface area contributed by atoms with Crippen molar-refractivity contribution in [3.8, 4) is 5.75 Å². The van der Waals surface area contributed by atoms with Gasteiger partial charge in [0, 0.05) is 23.4 Å². The Balaban J connectivity index is 1.76. The van der Waals surface area contributed by atoms with E-state index < -0.39 is 48.8 Å². The summed E-state index contributed by atoms with van der Waals surface area (Å²) in [6.45, 7) is 0.0742. The third kappa shape index (κ3) is 7.48. The van der Waals surface area contributed by atoms with Gasteiger partial charge < -0.3 is 30.4 Å². The number of halogens is 2. The van der Waals surface area contributed by atoms with E-state index in [4.69, 9.17) is 4.74 Å². The van der Waals surface area contributed by atoms with Crippen LogP contribution in [-0.4, -0.2) is 67.4 Å². The zero-order chi connectivity index (χ0) is 27.1. The third-order valence-electron chi connectivity index (χ3n) is 6.16. The highest BCUT2D eigenvalue weighted by atomic mass is 19.3. The number of hydrogen-bond donors (Lipinski definition) is 4. The van der Waals surface area contributed by atoms with E-state index in [0.717, 1.165) is 0 Å². The van der Waals surface area contributed by atoms with Crippen molar-refractivity contribution in [2.45, 2.75) is 51.8 Å². The summed E-state index contributed by atoms with van der Waals surface area (Å²) in [5.41, 5.74) is 0.885. The summed E-state index contributed by atoms with van der Waals surface area (Å²) in [6, 6.07) is 4.67. The van der Waals surface area contributed by atoms with Crippen LogP contribution >= 0.6 is 0 Å². The Labute approximate surface area is 212 Å². The molecule has 1 aliphatic heterocycles. The lowest BCUT2D eigenvalue weighted by molar-refractivity contribution is -0.152. The molecule has 0 radical (unpaired) electrons. The van der Waals surface area contributed by atoms with Gasteiger partial charge in [0.25, 0.3) is 5.91 Å². The number of ketones is 1. The minimum absolute atomic E-state index is 0.00390. The van der Waals surface area contributed by atoms with Crippen molar-refractivity contribution in [3.63, 3.8) is 0 Å². The fourth-order valence-electron chi connectivity index (χ4n) is 4.31. The Bertz CT molecular complexity index is 1140. The summed E-state index contributed by atoms with van der Waals surface area (Å²) >= 11 is 0. The third-order valence-corrected chi connectivity index (χ3v) is 6.16. The molecule has 4 N–H and O–H groups in total. The van der Waals surface area contributed by atoms with Gasteiger partial charge in [-0.1, -0.05) is 19.9 Å². The molecule has 2 heterocycles. The monoisotopic (exact) mass is 522 g/mol. The van der Waals surface area contributed by atoms with Crippen molar-refractivity contribution in [2.24, 2.45) is 11.8 Å². The molecule has 1 aliphatic rings. The number of carbonyl (C=O) groups excluding carboxylic acids is 4. The van der Waals surface area contributed by atoms with E-state index in [-0.39, 0.29) is 30.4 Å². The maximum absolute atomic E-state index is 13.2. The number of alkyl halides is 2. The van der Waals surface area contributed by atoms with Crippen molar-refractivity contribution in [3.05, 3.63) is 30.0 Å². The second-order valence-corrected chi connectivity index (χ2v) is 9.37. The van der Waals surface area contributed by atoms with E-state index in [1.165, 1.54) is 7.11 Å². The van der Waals surface area contributed by atoms with Crippen LogP contribution in [0.1, 0.15) is 43.6 Å². The Morgan fingerprint density at radius 2 is 1.92 bits per heavy atom. The molecule has 0 bridgehead atoms. The smallest absolute Gasteiger partial charge is 0.345 e. The number of methoxy groups -OCH3 is 1. The second kappa shape index (κ2) is 12.6. The first kappa shape index (κ1) is 28.0. The quantitative estimate of drug-likeness (QED) is 0.318. The van der Waals surface area contributed by atoms with E-state index in [0.29, 0.717) is 29.6 Å². The highest BCUT2D eigenvalue weighted by molar-refractivity contribution is 6.02. The molecule has 3 rings (SSSR count). The Hall–Kier alpha value is -3.54. The highest BCUT2D eigenvalue weighted by Crippen LogP contribution is 2.26. The maximum Gasteiger partial charge on any atom is 0.345 e. The van der Waals surface area contributed by atoms with Gasteiger partial charge in [-0.15, -0.1) is 0 Å². The van der Waals surface area contributed by atoms with Crippen molar-refractivity contribution >= 4 is 34.4 Å². The lowest BCUT2D eigenvalue weighted by atomic mass is 9.95. The van der Waals surface area contributed by atoms with Gasteiger partial charge in [0.05, 0.1) is 13.2 Å². The zero-order valence-electron chi connectivity index (χ0n) is 20.9. The molecule has 37 heavy (non-hydrogen) atoms. The van der Waals surface area contributed by atoms with Gasteiger partial charge in [0.2, 0.25) is 11.8 Å². The zero-order valence-corrected chi connectivity index (χ0v) is 20.9. The van der Waals surface area contributed by atoms with Crippen LogP contribution < -0.4 is 20.7 Å². The van der Waals surface area contributed by atoms with Crippen LogP contribution in [-0.2, 0) is 19.1 Å². The maximum atomic E-state index is 13.2. The first-order valence-electron chi connectivity index (χ1n) is 12.1. The van der Waals surface area contributed by atoms with Gasteiger partial charge in [0.1, 0.15) is 24.1 Å². The van der Waals surface area contributed by atoms with Crippen molar-refractivity contribution in [1.29, 1.82) is 0 Å². The van der Waals surface area contributed by atoms with Crippen LogP contribution in [0.5, 0.6) is 5.75 Å². The average Bonchev–Trinajstić information content (AvgIpc) is 3.47. The molecule has 2 aromatic rings. The molecule has 10 nitrogen and oxygen atoms in total. The number of aromatic nitrogens is 1. The predicted molar refractivity (Wildman–Crippen MR) is 130 cm³/mol. The molecular weight excluding hydrogens is 490 g/mol. The van der Waals surface area contributed by atoms with E-state index in [9.17, 15) is 28.0 Å². The first-order chi connectivity index (χ1) is 17.6. The molecular formula is C25H32F2N4O6. The van der Waals surface area contributed by atoms with Gasteiger partial charge in [0.15, 0.2) is 5.78 Å². The van der Waals surface area contributed by atoms with E-state index >= 15 is 0 Å². The number of aromatic amines is 1. The lowest BCUT2D eigenvalue weighted by Gasteiger charge is -2.25. The minimum atomic E-state index is -3.15. The number of fused-ring (bicyclic) bond motifs is 1. The van der Waals surface area contributed by atoms with Gasteiger partial charge in [-0.25, -0.2) is 0 Å². The number of nitrogens with one attached hydrogen (secondary N) is 4. The summed E-state index contributed by atoms with van der Waals surface area (Å²) < 4.78 is 34.5. The number of H-pyrrole nitrogens is 1. The summed E-state index contributed by atoms with van der Waals surface area (Å²) in [5.74, 6) is -2.25. The molecule has 3 atom stereocenters. The number of hydrogen-bond acceptors (Lipinski definition) is 6. The van der Waals surface area contributed by atoms with Crippen molar-refractivity contribution < 1.29 is 37.4 Å². The summed E-state index contributed by atoms with van der Waals surface area (Å²) in [7, 11) is 1.52. The average molecular weight is 523 g/mol. The first-order valence-corrected chi connectivity index (χ1v) is 12.1. The Kier molecular flexibility index (Phi) is 9.56. The fourth-order valence-corrected chi connectivity index (χ4v) is 4.31. The predicted octanol–water partition coefficient (Wildman–Crippen LogP) is 2.14. The fraction of sp³-hybridized carbons (Fsp3) is 0.520.